The van der Waals surface area contributed by atoms with Gasteiger partial charge in [-0.25, -0.2) is 16.8 Å². The second kappa shape index (κ2) is 10.3. The molecule has 0 amide bonds. The standard InChI is InChI=1S/C27H33N3O4S2/c1-5-28(6-2)24-16-14-23(15-17-24)27-29(35(31,32)26-18-12-21(3)13-19-26)20-22(4)30(27)36(33,34)25-10-8-7-9-11-25/h7-19,22,27H,5-6,20H2,1-4H3. The lowest BCUT2D eigenvalue weighted by Crippen LogP contribution is -2.39. The van der Waals surface area contributed by atoms with E-state index in [0.29, 0.717) is 5.56 Å². The van der Waals surface area contributed by atoms with Crippen LogP contribution in [-0.4, -0.2) is 51.1 Å². The summed E-state index contributed by atoms with van der Waals surface area (Å²) in [5.74, 6) is 0. The lowest BCUT2D eigenvalue weighted by molar-refractivity contribution is 0.276. The molecular weight excluding hydrogens is 494 g/mol. The Balaban J connectivity index is 1.85. The molecule has 3 aromatic rings. The topological polar surface area (TPSA) is 78.0 Å². The molecule has 2 unspecified atom stereocenters. The van der Waals surface area contributed by atoms with Crippen molar-refractivity contribution in [2.24, 2.45) is 0 Å². The zero-order valence-corrected chi connectivity index (χ0v) is 22.7. The summed E-state index contributed by atoms with van der Waals surface area (Å²) < 4.78 is 58.0. The first-order valence-electron chi connectivity index (χ1n) is 12.1. The molecule has 1 aliphatic rings. The van der Waals surface area contributed by atoms with Crippen molar-refractivity contribution in [2.45, 2.75) is 49.7 Å². The average molecular weight is 528 g/mol. The maximum absolute atomic E-state index is 13.8. The van der Waals surface area contributed by atoms with E-state index in [-0.39, 0.29) is 16.3 Å². The molecule has 7 nitrogen and oxygen atoms in total. The minimum Gasteiger partial charge on any atom is -0.372 e. The van der Waals surface area contributed by atoms with Gasteiger partial charge in [0.15, 0.2) is 0 Å². The second-order valence-corrected chi connectivity index (χ2v) is 12.8. The van der Waals surface area contributed by atoms with Gasteiger partial charge >= 0.3 is 0 Å². The van der Waals surface area contributed by atoms with E-state index in [9.17, 15) is 16.8 Å². The van der Waals surface area contributed by atoms with E-state index in [0.717, 1.165) is 24.3 Å². The average Bonchev–Trinajstić information content (AvgIpc) is 3.25. The summed E-state index contributed by atoms with van der Waals surface area (Å²) in [7, 11) is -7.97. The maximum atomic E-state index is 13.8. The van der Waals surface area contributed by atoms with Crippen LogP contribution in [0.5, 0.6) is 0 Å². The molecule has 1 aliphatic heterocycles. The Morgan fingerprint density at radius 1 is 0.778 bits per heavy atom. The van der Waals surface area contributed by atoms with Gasteiger partial charge in [0.25, 0.3) is 0 Å². The molecule has 0 aliphatic carbocycles. The molecule has 0 spiro atoms. The van der Waals surface area contributed by atoms with Crippen LogP contribution in [0.4, 0.5) is 5.69 Å². The zero-order chi connectivity index (χ0) is 26.1. The van der Waals surface area contributed by atoms with Gasteiger partial charge in [-0.2, -0.15) is 8.61 Å². The number of sulfonamides is 2. The van der Waals surface area contributed by atoms with Crippen LogP contribution in [0.2, 0.25) is 0 Å². The third-order valence-electron chi connectivity index (χ3n) is 6.66. The minimum atomic E-state index is -3.99. The summed E-state index contributed by atoms with van der Waals surface area (Å²) in [5.41, 5.74) is 2.55. The normalized spacial score (nSPS) is 19.4. The molecule has 3 aromatic carbocycles. The quantitative estimate of drug-likeness (QED) is 0.427. The van der Waals surface area contributed by atoms with E-state index in [1.165, 1.54) is 8.61 Å². The van der Waals surface area contributed by atoms with Gasteiger partial charge in [-0.1, -0.05) is 48.0 Å². The van der Waals surface area contributed by atoms with E-state index in [1.807, 2.05) is 31.2 Å². The molecule has 2 atom stereocenters. The van der Waals surface area contributed by atoms with Gasteiger partial charge in [-0.3, -0.25) is 0 Å². The Bertz CT molecular complexity index is 1390. The van der Waals surface area contributed by atoms with E-state index < -0.39 is 32.3 Å². The monoisotopic (exact) mass is 527 g/mol. The van der Waals surface area contributed by atoms with Gasteiger partial charge in [0.05, 0.1) is 9.79 Å². The third kappa shape index (κ3) is 4.80. The zero-order valence-electron chi connectivity index (χ0n) is 21.1. The molecule has 0 radical (unpaired) electrons. The van der Waals surface area contributed by atoms with Crippen LogP contribution in [0.25, 0.3) is 0 Å². The molecule has 192 valence electrons. The number of nitrogens with zero attached hydrogens (tertiary/aromatic N) is 3. The van der Waals surface area contributed by atoms with Gasteiger partial charge in [0, 0.05) is 31.4 Å². The Hall–Kier alpha value is -2.72. The Morgan fingerprint density at radius 3 is 1.89 bits per heavy atom. The molecule has 0 bridgehead atoms. The highest BCUT2D eigenvalue weighted by Crippen LogP contribution is 2.41. The molecule has 36 heavy (non-hydrogen) atoms. The summed E-state index contributed by atoms with van der Waals surface area (Å²) >= 11 is 0. The highest BCUT2D eigenvalue weighted by Gasteiger charge is 2.50. The third-order valence-corrected chi connectivity index (χ3v) is 10.5. The predicted molar refractivity (Wildman–Crippen MR) is 143 cm³/mol. The van der Waals surface area contributed by atoms with Crippen LogP contribution >= 0.6 is 0 Å². The van der Waals surface area contributed by atoms with Crippen LogP contribution in [0.3, 0.4) is 0 Å². The van der Waals surface area contributed by atoms with Crippen LogP contribution in [0, 0.1) is 6.92 Å². The van der Waals surface area contributed by atoms with Gasteiger partial charge in [-0.05, 0) is 69.7 Å². The summed E-state index contributed by atoms with van der Waals surface area (Å²) in [6.45, 7) is 9.49. The second-order valence-electron chi connectivity index (χ2n) is 9.02. The van der Waals surface area contributed by atoms with Crippen LogP contribution < -0.4 is 4.90 Å². The summed E-state index contributed by atoms with van der Waals surface area (Å²) in [4.78, 5) is 2.46. The molecule has 9 heteroatoms. The van der Waals surface area contributed by atoms with Gasteiger partial charge in [-0.15, -0.1) is 0 Å². The largest absolute Gasteiger partial charge is 0.372 e. The van der Waals surface area contributed by atoms with Crippen molar-refractivity contribution >= 4 is 25.7 Å². The first kappa shape index (κ1) is 26.3. The highest BCUT2D eigenvalue weighted by molar-refractivity contribution is 7.90. The molecule has 1 fully saturated rings. The lowest BCUT2D eigenvalue weighted by Gasteiger charge is -2.31. The SMILES string of the molecule is CCN(CC)c1ccc(C2N(S(=O)(=O)c3ccc(C)cc3)CC(C)N2S(=O)(=O)c2ccccc2)cc1. The maximum Gasteiger partial charge on any atom is 0.245 e. The van der Waals surface area contributed by atoms with Gasteiger partial charge in [0.2, 0.25) is 20.0 Å². The number of hydrogen-bond donors (Lipinski definition) is 0. The summed E-state index contributed by atoms with van der Waals surface area (Å²) in [6.07, 6.45) is -1.01. The Labute approximate surface area is 215 Å². The fourth-order valence-corrected chi connectivity index (χ4v) is 8.22. The molecule has 0 aromatic heterocycles. The van der Waals surface area contributed by atoms with Crippen molar-refractivity contribution < 1.29 is 16.8 Å². The van der Waals surface area contributed by atoms with Crippen LogP contribution in [-0.2, 0) is 20.0 Å². The van der Waals surface area contributed by atoms with Crippen LogP contribution in [0.15, 0.2) is 88.7 Å². The summed E-state index contributed by atoms with van der Waals surface area (Å²) in [5, 5.41) is 0. The Morgan fingerprint density at radius 2 is 1.33 bits per heavy atom. The number of aryl methyl sites for hydroxylation is 1. The predicted octanol–water partition coefficient (Wildman–Crippen LogP) is 4.62. The van der Waals surface area contributed by atoms with Gasteiger partial charge < -0.3 is 4.90 Å². The fraction of sp³-hybridized carbons (Fsp3) is 0.333. The minimum absolute atomic E-state index is 0.0464. The summed E-state index contributed by atoms with van der Waals surface area (Å²) in [6, 6.07) is 21.8. The highest BCUT2D eigenvalue weighted by atomic mass is 32.2. The van der Waals surface area contributed by atoms with Gasteiger partial charge in [0.1, 0.15) is 6.17 Å². The van der Waals surface area contributed by atoms with E-state index >= 15 is 0 Å². The fourth-order valence-electron chi connectivity index (χ4n) is 4.73. The molecule has 0 saturated carbocycles. The number of hydrogen-bond acceptors (Lipinski definition) is 5. The van der Waals surface area contributed by atoms with Crippen molar-refractivity contribution in [3.63, 3.8) is 0 Å². The molecule has 1 heterocycles. The first-order chi connectivity index (χ1) is 17.1. The first-order valence-corrected chi connectivity index (χ1v) is 15.0. The lowest BCUT2D eigenvalue weighted by atomic mass is 10.1. The van der Waals surface area contributed by atoms with Crippen molar-refractivity contribution in [3.8, 4) is 0 Å². The van der Waals surface area contributed by atoms with E-state index in [2.05, 4.69) is 18.7 Å². The van der Waals surface area contributed by atoms with Crippen molar-refractivity contribution in [3.05, 3.63) is 90.0 Å². The molecular formula is C27H33N3O4S2. The molecule has 4 rings (SSSR count). The van der Waals surface area contributed by atoms with Crippen LogP contribution in [0.1, 0.15) is 38.1 Å². The molecule has 1 saturated heterocycles. The number of benzene rings is 3. The van der Waals surface area contributed by atoms with E-state index in [4.69, 9.17) is 0 Å². The number of rotatable bonds is 8. The molecule has 0 N–H and O–H groups in total. The van der Waals surface area contributed by atoms with Crippen molar-refractivity contribution in [2.75, 3.05) is 24.5 Å². The van der Waals surface area contributed by atoms with E-state index in [1.54, 1.807) is 61.5 Å². The smallest absolute Gasteiger partial charge is 0.245 e. The van der Waals surface area contributed by atoms with Crippen molar-refractivity contribution in [1.82, 2.24) is 8.61 Å². The Kier molecular flexibility index (Phi) is 7.56. The van der Waals surface area contributed by atoms with Crippen molar-refractivity contribution in [1.29, 1.82) is 0 Å². The number of anilines is 1.